The monoisotopic (exact) mass is 509 g/mol. The summed E-state index contributed by atoms with van der Waals surface area (Å²) in [4.78, 5) is 1.26. The van der Waals surface area contributed by atoms with Crippen LogP contribution in [0.15, 0.2) is 88.9 Å². The maximum absolute atomic E-state index is 10.0. The largest absolute Gasteiger partial charge is 0.504 e. The van der Waals surface area contributed by atoms with Crippen LogP contribution in [0.1, 0.15) is 23.6 Å². The molecule has 1 saturated heterocycles. The van der Waals surface area contributed by atoms with E-state index in [-0.39, 0.29) is 28.2 Å². The fourth-order valence-corrected chi connectivity index (χ4v) is 6.20. The molecular formula is C25H24BrN3O2S. The number of halogens is 1. The Kier molecular flexibility index (Phi) is 6.13. The maximum Gasteiger partial charge on any atom is 0.160 e. The van der Waals surface area contributed by atoms with Crippen molar-refractivity contribution in [2.75, 3.05) is 7.11 Å². The van der Waals surface area contributed by atoms with Crippen LogP contribution < -0.4 is 10.1 Å². The van der Waals surface area contributed by atoms with Crippen molar-refractivity contribution >= 4 is 33.4 Å². The van der Waals surface area contributed by atoms with Crippen molar-refractivity contribution in [2.24, 2.45) is 5.10 Å². The summed E-state index contributed by atoms with van der Waals surface area (Å²) < 4.78 is 5.36. The van der Waals surface area contributed by atoms with Crippen molar-refractivity contribution in [2.45, 2.75) is 33.7 Å². The number of hydrogen-bond acceptors (Lipinski definition) is 6. The topological polar surface area (TPSA) is 57.1 Å². The Morgan fingerprint density at radius 1 is 1.06 bits per heavy atom. The third-order valence-corrected chi connectivity index (χ3v) is 8.00. The minimum absolute atomic E-state index is 0.00460. The lowest BCUT2D eigenvalue weighted by molar-refractivity contribution is 0.114. The van der Waals surface area contributed by atoms with Gasteiger partial charge in [0.05, 0.1) is 17.6 Å². The predicted octanol–water partition coefficient (Wildman–Crippen LogP) is 5.36. The molecule has 0 radical (unpaired) electrons. The molecule has 2 aliphatic rings. The molecule has 32 heavy (non-hydrogen) atoms. The highest BCUT2D eigenvalue weighted by Gasteiger charge is 2.45. The van der Waals surface area contributed by atoms with E-state index in [0.29, 0.717) is 5.75 Å². The number of phenols is 1. The van der Waals surface area contributed by atoms with Gasteiger partial charge in [-0.2, -0.15) is 5.10 Å². The van der Waals surface area contributed by atoms with Gasteiger partial charge in [-0.1, -0.05) is 82.3 Å². The zero-order valence-corrected chi connectivity index (χ0v) is 20.0. The van der Waals surface area contributed by atoms with Crippen LogP contribution in [-0.2, 0) is 0 Å². The van der Waals surface area contributed by atoms with Crippen LogP contribution in [0.25, 0.3) is 0 Å². The van der Waals surface area contributed by atoms with Gasteiger partial charge in [0.15, 0.2) is 11.5 Å². The van der Waals surface area contributed by atoms with E-state index in [2.05, 4.69) is 62.7 Å². The minimum Gasteiger partial charge on any atom is -0.504 e. The number of nitrogens with one attached hydrogen (secondary N) is 1. The Balaban J connectivity index is 1.49. The molecule has 3 aromatic carbocycles. The molecule has 0 aromatic heterocycles. The number of fused-ring (bicyclic) bond motifs is 1. The molecule has 1 fully saturated rings. The Morgan fingerprint density at radius 3 is 2.50 bits per heavy atom. The first-order valence-corrected chi connectivity index (χ1v) is 12.3. The van der Waals surface area contributed by atoms with Gasteiger partial charge in [0, 0.05) is 10.9 Å². The van der Waals surface area contributed by atoms with Crippen molar-refractivity contribution < 1.29 is 9.84 Å². The van der Waals surface area contributed by atoms with Gasteiger partial charge in [-0.15, -0.1) is 0 Å². The lowest BCUT2D eigenvalue weighted by Gasteiger charge is -2.42. The molecule has 4 atom stereocenters. The summed E-state index contributed by atoms with van der Waals surface area (Å²) in [5.74, 6) is 0.639. The smallest absolute Gasteiger partial charge is 0.160 e. The second-order valence-electron chi connectivity index (χ2n) is 7.85. The minimum atomic E-state index is 0.00460. The standard InChI is InChI=1S/C25H24BrN3O2S/c1-31-21-14-17(12-13-20(21)30)19-15-22(32-18-10-6-3-7-11-18)29-25(27-19)23(26)24(28-29)16-8-4-2-5-9-16/h2-14,19,22-23,25,27,30H,15H2,1H3. The second kappa shape index (κ2) is 9.17. The molecule has 0 saturated carbocycles. The summed E-state index contributed by atoms with van der Waals surface area (Å²) in [6.07, 6.45) is 0.861. The van der Waals surface area contributed by atoms with Gasteiger partial charge in [-0.25, -0.2) is 0 Å². The van der Waals surface area contributed by atoms with Gasteiger partial charge in [0.25, 0.3) is 0 Å². The van der Waals surface area contributed by atoms with Crippen LogP contribution >= 0.6 is 27.7 Å². The number of nitrogens with zero attached hydrogens (tertiary/aromatic N) is 2. The number of hydrazone groups is 1. The molecule has 2 N–H and O–H groups in total. The predicted molar refractivity (Wildman–Crippen MR) is 133 cm³/mol. The molecule has 0 aliphatic carbocycles. The number of aromatic hydroxyl groups is 1. The van der Waals surface area contributed by atoms with E-state index >= 15 is 0 Å². The maximum atomic E-state index is 10.0. The van der Waals surface area contributed by atoms with Crippen LogP contribution in [-0.4, -0.2) is 39.3 Å². The van der Waals surface area contributed by atoms with Crippen molar-refractivity contribution in [3.05, 3.63) is 90.0 Å². The summed E-state index contributed by atoms with van der Waals surface area (Å²) in [7, 11) is 1.58. The van der Waals surface area contributed by atoms with Crippen molar-refractivity contribution in [3.8, 4) is 11.5 Å². The summed E-state index contributed by atoms with van der Waals surface area (Å²) >= 11 is 5.76. The highest BCUT2D eigenvalue weighted by Crippen LogP contribution is 2.42. The lowest BCUT2D eigenvalue weighted by atomic mass is 9.99. The molecule has 5 rings (SSSR count). The Labute approximate surface area is 200 Å². The normalized spacial score (nSPS) is 24.7. The van der Waals surface area contributed by atoms with E-state index < -0.39 is 0 Å². The number of rotatable bonds is 5. The Hall–Kier alpha value is -2.48. The van der Waals surface area contributed by atoms with Crippen LogP contribution in [0.5, 0.6) is 11.5 Å². The van der Waals surface area contributed by atoms with Crippen LogP contribution in [0.3, 0.4) is 0 Å². The molecule has 2 heterocycles. The van der Waals surface area contributed by atoms with Crippen LogP contribution in [0.4, 0.5) is 0 Å². The molecular weight excluding hydrogens is 486 g/mol. The van der Waals surface area contributed by atoms with Crippen LogP contribution in [0, 0.1) is 0 Å². The van der Waals surface area contributed by atoms with E-state index in [4.69, 9.17) is 9.84 Å². The Morgan fingerprint density at radius 2 is 1.78 bits per heavy atom. The lowest BCUT2D eigenvalue weighted by Crippen LogP contribution is -2.55. The van der Waals surface area contributed by atoms with Crippen molar-refractivity contribution in [1.82, 2.24) is 10.3 Å². The van der Waals surface area contributed by atoms with E-state index in [1.807, 2.05) is 48.2 Å². The molecule has 7 heteroatoms. The average Bonchev–Trinajstić information content (AvgIpc) is 3.17. The van der Waals surface area contributed by atoms with Gasteiger partial charge >= 0.3 is 0 Å². The molecule has 0 amide bonds. The number of thioether (sulfide) groups is 1. The molecule has 2 aliphatic heterocycles. The molecule has 5 nitrogen and oxygen atoms in total. The van der Waals surface area contributed by atoms with E-state index in [1.165, 1.54) is 4.90 Å². The first-order valence-electron chi connectivity index (χ1n) is 10.5. The number of benzene rings is 3. The van der Waals surface area contributed by atoms with Gasteiger partial charge < -0.3 is 9.84 Å². The van der Waals surface area contributed by atoms with Gasteiger partial charge in [-0.05, 0) is 41.8 Å². The molecule has 4 unspecified atom stereocenters. The molecule has 0 bridgehead atoms. The highest BCUT2D eigenvalue weighted by molar-refractivity contribution is 9.10. The molecule has 0 spiro atoms. The summed E-state index contributed by atoms with van der Waals surface area (Å²) in [6.45, 7) is 0. The van der Waals surface area contributed by atoms with E-state index in [0.717, 1.165) is 23.3 Å². The third-order valence-electron chi connectivity index (χ3n) is 5.84. The summed E-state index contributed by atoms with van der Waals surface area (Å²) in [5, 5.41) is 21.3. The van der Waals surface area contributed by atoms with E-state index in [1.54, 1.807) is 13.2 Å². The van der Waals surface area contributed by atoms with Gasteiger partial charge in [0.2, 0.25) is 0 Å². The fraction of sp³-hybridized carbons (Fsp3) is 0.240. The average molecular weight is 510 g/mol. The first kappa shape index (κ1) is 21.4. The zero-order chi connectivity index (χ0) is 22.1. The van der Waals surface area contributed by atoms with Gasteiger partial charge in [0.1, 0.15) is 11.5 Å². The number of phenolic OH excluding ortho intramolecular Hbond substituents is 1. The molecule has 3 aromatic rings. The summed E-state index contributed by atoms with van der Waals surface area (Å²) in [6, 6.07) is 26.5. The zero-order valence-electron chi connectivity index (χ0n) is 17.6. The highest BCUT2D eigenvalue weighted by atomic mass is 79.9. The third kappa shape index (κ3) is 4.12. The van der Waals surface area contributed by atoms with Crippen LogP contribution in [0.2, 0.25) is 0 Å². The first-order chi connectivity index (χ1) is 15.6. The SMILES string of the molecule is COc1cc(C2CC(Sc3ccccc3)N3N=C(c4ccccc4)C(Br)C3N2)ccc1O. The number of hydrogen-bond donors (Lipinski definition) is 2. The van der Waals surface area contributed by atoms with Gasteiger partial charge in [-0.3, -0.25) is 10.3 Å². The number of alkyl halides is 1. The fourth-order valence-electron chi connectivity index (χ4n) is 4.24. The summed E-state index contributed by atoms with van der Waals surface area (Å²) in [5.41, 5.74) is 3.24. The quantitative estimate of drug-likeness (QED) is 0.453. The molecule has 164 valence electrons. The number of ether oxygens (including phenoxy) is 1. The van der Waals surface area contributed by atoms with Crippen molar-refractivity contribution in [3.63, 3.8) is 0 Å². The van der Waals surface area contributed by atoms with Crippen molar-refractivity contribution in [1.29, 1.82) is 0 Å². The Bertz CT molecular complexity index is 1110. The van der Waals surface area contributed by atoms with E-state index in [9.17, 15) is 5.11 Å². The number of methoxy groups -OCH3 is 1. The second-order valence-corrected chi connectivity index (χ2v) is 10.1.